The molecular formula is C11H16O3S. The molecule has 0 unspecified atom stereocenters. The van der Waals surface area contributed by atoms with Crippen molar-refractivity contribution in [3.05, 3.63) is 29.3 Å². The molecule has 1 rings (SSSR count). The second-order valence-corrected chi connectivity index (χ2v) is 6.53. The summed E-state index contributed by atoms with van der Waals surface area (Å²) in [5, 5.41) is 9.05. The predicted octanol–water partition coefficient (Wildman–Crippen LogP) is 2.02. The van der Waals surface area contributed by atoms with Crippen LogP contribution in [0.25, 0.3) is 0 Å². The summed E-state index contributed by atoms with van der Waals surface area (Å²) in [5.74, 6) is 0.129. The summed E-state index contributed by atoms with van der Waals surface area (Å²) in [5.41, 5.74) is 1.38. The van der Waals surface area contributed by atoms with Crippen molar-refractivity contribution in [2.45, 2.75) is 31.8 Å². The van der Waals surface area contributed by atoms with Crippen LogP contribution in [-0.4, -0.2) is 18.8 Å². The molecule has 0 amide bonds. The third-order valence-electron chi connectivity index (χ3n) is 2.36. The van der Waals surface area contributed by atoms with E-state index in [0.717, 1.165) is 5.56 Å². The van der Waals surface area contributed by atoms with Crippen molar-refractivity contribution in [3.8, 4) is 5.75 Å². The van der Waals surface area contributed by atoms with Gasteiger partial charge >= 0.3 is 0 Å². The molecular weight excluding hydrogens is 212 g/mol. The third kappa shape index (κ3) is 2.96. The number of aryl methyl sites for hydroxylation is 1. The first kappa shape index (κ1) is 12.0. The van der Waals surface area contributed by atoms with Gasteiger partial charge in [0.2, 0.25) is 0 Å². The van der Waals surface area contributed by atoms with Crippen LogP contribution in [0.4, 0.5) is 0 Å². The molecule has 0 saturated carbocycles. The summed E-state index contributed by atoms with van der Waals surface area (Å²) in [4.78, 5) is 0. The Labute approximate surface area is 90.7 Å². The summed E-state index contributed by atoms with van der Waals surface area (Å²) in [6, 6.07) is 4.96. The van der Waals surface area contributed by atoms with Crippen molar-refractivity contribution in [2.75, 3.05) is 0 Å². The van der Waals surface area contributed by atoms with Gasteiger partial charge in [0.25, 0.3) is 0 Å². The van der Waals surface area contributed by atoms with E-state index in [2.05, 4.69) is 0 Å². The highest BCUT2D eigenvalue weighted by Gasteiger charge is 2.16. The molecule has 0 aliphatic rings. The van der Waals surface area contributed by atoms with Crippen molar-refractivity contribution in [1.82, 2.24) is 0 Å². The minimum Gasteiger partial charge on any atom is -0.508 e. The Morgan fingerprint density at radius 2 is 1.93 bits per heavy atom. The van der Waals surface area contributed by atoms with Crippen LogP contribution in [0.5, 0.6) is 5.75 Å². The predicted molar refractivity (Wildman–Crippen MR) is 60.6 cm³/mol. The molecule has 0 saturated heterocycles. The number of aromatic hydroxyl groups is 1. The Morgan fingerprint density at radius 3 is 2.40 bits per heavy atom. The summed E-state index contributed by atoms with van der Waals surface area (Å²) in [7, 11) is -3.09. The molecule has 0 radical (unpaired) electrons. The zero-order chi connectivity index (χ0) is 11.6. The van der Waals surface area contributed by atoms with Gasteiger partial charge in [-0.05, 0) is 38.0 Å². The van der Waals surface area contributed by atoms with E-state index in [0.29, 0.717) is 5.56 Å². The van der Waals surface area contributed by atoms with Crippen molar-refractivity contribution in [2.24, 2.45) is 0 Å². The smallest absolute Gasteiger partial charge is 0.156 e. The Morgan fingerprint density at radius 1 is 1.33 bits per heavy atom. The number of hydrogen-bond donors (Lipinski definition) is 1. The summed E-state index contributed by atoms with van der Waals surface area (Å²) in [6.45, 7) is 5.09. The van der Waals surface area contributed by atoms with Crippen LogP contribution in [-0.2, 0) is 15.6 Å². The number of hydrogen-bond acceptors (Lipinski definition) is 3. The quantitative estimate of drug-likeness (QED) is 0.861. The van der Waals surface area contributed by atoms with Gasteiger partial charge < -0.3 is 5.11 Å². The molecule has 0 spiro atoms. The van der Waals surface area contributed by atoms with E-state index in [-0.39, 0.29) is 16.8 Å². The minimum atomic E-state index is -3.09. The summed E-state index contributed by atoms with van der Waals surface area (Å²) in [6.07, 6.45) is 0. The average molecular weight is 228 g/mol. The standard InChI is InChI=1S/C11H16O3S/c1-8(2)15(13,14)7-10-5-4-9(3)11(12)6-10/h4-6,8,12H,7H2,1-3H3. The van der Waals surface area contributed by atoms with E-state index < -0.39 is 9.84 Å². The number of sulfone groups is 1. The van der Waals surface area contributed by atoms with E-state index in [1.807, 2.05) is 0 Å². The lowest BCUT2D eigenvalue weighted by Gasteiger charge is -2.08. The van der Waals surface area contributed by atoms with Gasteiger partial charge in [-0.2, -0.15) is 0 Å². The SMILES string of the molecule is Cc1ccc(CS(=O)(=O)C(C)C)cc1O. The maximum absolute atomic E-state index is 11.6. The zero-order valence-corrected chi connectivity index (χ0v) is 10.0. The van der Waals surface area contributed by atoms with E-state index in [1.165, 1.54) is 6.07 Å². The second kappa shape index (κ2) is 4.23. The molecule has 15 heavy (non-hydrogen) atoms. The Balaban J connectivity index is 2.96. The van der Waals surface area contributed by atoms with Crippen molar-refractivity contribution in [3.63, 3.8) is 0 Å². The van der Waals surface area contributed by atoms with E-state index >= 15 is 0 Å². The molecule has 0 bridgehead atoms. The van der Waals surface area contributed by atoms with Crippen molar-refractivity contribution in [1.29, 1.82) is 0 Å². The molecule has 0 aliphatic carbocycles. The van der Waals surface area contributed by atoms with Gasteiger partial charge in [-0.25, -0.2) is 8.42 Å². The first-order valence-electron chi connectivity index (χ1n) is 4.83. The molecule has 3 nitrogen and oxygen atoms in total. The van der Waals surface area contributed by atoms with Gasteiger partial charge in [0.15, 0.2) is 9.84 Å². The lowest BCUT2D eigenvalue weighted by Crippen LogP contribution is -2.15. The molecule has 1 N–H and O–H groups in total. The Hall–Kier alpha value is -1.03. The fourth-order valence-electron chi connectivity index (χ4n) is 1.14. The first-order valence-corrected chi connectivity index (χ1v) is 6.54. The molecule has 4 heteroatoms. The average Bonchev–Trinajstić information content (AvgIpc) is 2.10. The van der Waals surface area contributed by atoms with Gasteiger partial charge in [-0.3, -0.25) is 0 Å². The van der Waals surface area contributed by atoms with Crippen LogP contribution in [0, 0.1) is 6.92 Å². The lowest BCUT2D eigenvalue weighted by molar-refractivity contribution is 0.470. The molecule has 84 valence electrons. The van der Waals surface area contributed by atoms with Gasteiger partial charge in [0.1, 0.15) is 5.75 Å². The van der Waals surface area contributed by atoms with Crippen LogP contribution in [0.3, 0.4) is 0 Å². The Kier molecular flexibility index (Phi) is 3.39. The maximum atomic E-state index is 11.6. The minimum absolute atomic E-state index is 0.0154. The maximum Gasteiger partial charge on any atom is 0.156 e. The molecule has 0 atom stereocenters. The van der Waals surface area contributed by atoms with E-state index in [4.69, 9.17) is 0 Å². The molecule has 0 aromatic heterocycles. The van der Waals surface area contributed by atoms with Crippen LogP contribution < -0.4 is 0 Å². The van der Waals surface area contributed by atoms with Crippen LogP contribution in [0.2, 0.25) is 0 Å². The molecule has 1 aromatic carbocycles. The molecule has 1 aromatic rings. The molecule has 0 heterocycles. The van der Waals surface area contributed by atoms with Gasteiger partial charge in [-0.15, -0.1) is 0 Å². The molecule has 0 fully saturated rings. The normalized spacial score (nSPS) is 12.0. The lowest BCUT2D eigenvalue weighted by atomic mass is 10.1. The highest BCUT2D eigenvalue weighted by Crippen LogP contribution is 2.20. The highest BCUT2D eigenvalue weighted by molar-refractivity contribution is 7.91. The topological polar surface area (TPSA) is 54.4 Å². The monoisotopic (exact) mass is 228 g/mol. The van der Waals surface area contributed by atoms with Crippen molar-refractivity contribution >= 4 is 9.84 Å². The fourth-order valence-corrected chi connectivity index (χ4v) is 2.12. The van der Waals surface area contributed by atoms with E-state index in [1.54, 1.807) is 32.9 Å². The van der Waals surface area contributed by atoms with Crippen molar-refractivity contribution < 1.29 is 13.5 Å². The Bertz CT molecular complexity index is 447. The van der Waals surface area contributed by atoms with Crippen LogP contribution >= 0.6 is 0 Å². The number of phenolic OH excluding ortho intramolecular Hbond substituents is 1. The number of phenols is 1. The van der Waals surface area contributed by atoms with E-state index in [9.17, 15) is 13.5 Å². The van der Waals surface area contributed by atoms with Crippen LogP contribution in [0.1, 0.15) is 25.0 Å². The number of benzene rings is 1. The number of rotatable bonds is 3. The summed E-state index contributed by atoms with van der Waals surface area (Å²) < 4.78 is 23.2. The summed E-state index contributed by atoms with van der Waals surface area (Å²) >= 11 is 0. The third-order valence-corrected chi connectivity index (χ3v) is 4.53. The largest absolute Gasteiger partial charge is 0.508 e. The first-order chi connectivity index (χ1) is 6.83. The van der Waals surface area contributed by atoms with Gasteiger partial charge in [-0.1, -0.05) is 12.1 Å². The zero-order valence-electron chi connectivity index (χ0n) is 9.19. The molecule has 0 aliphatic heterocycles. The van der Waals surface area contributed by atoms with Gasteiger partial charge in [0.05, 0.1) is 11.0 Å². The van der Waals surface area contributed by atoms with Crippen LogP contribution in [0.15, 0.2) is 18.2 Å². The highest BCUT2D eigenvalue weighted by atomic mass is 32.2. The second-order valence-electron chi connectivity index (χ2n) is 3.98. The fraction of sp³-hybridized carbons (Fsp3) is 0.455. The van der Waals surface area contributed by atoms with Gasteiger partial charge in [0, 0.05) is 0 Å².